The molecule has 0 atom stereocenters. The molecule has 2 N–H and O–H groups in total. The van der Waals surface area contributed by atoms with Crippen molar-refractivity contribution in [1.29, 1.82) is 0 Å². The van der Waals surface area contributed by atoms with Gasteiger partial charge in [0.15, 0.2) is 6.79 Å². The molecule has 0 bridgehead atoms. The normalized spacial score (nSPS) is 14.6. The average Bonchev–Trinajstić information content (AvgIpc) is 3.13. The third-order valence-electron chi connectivity index (χ3n) is 3.16. The van der Waals surface area contributed by atoms with Gasteiger partial charge in [-0.05, 0) is 49.8 Å². The summed E-state index contributed by atoms with van der Waals surface area (Å²) in [5, 5.41) is 0. The van der Waals surface area contributed by atoms with Crippen molar-refractivity contribution in [3.05, 3.63) is 28.8 Å². The van der Waals surface area contributed by atoms with Crippen LogP contribution < -0.4 is 5.73 Å². The Balaban J connectivity index is 1.88. The molecule has 0 saturated heterocycles. The molecule has 4 heteroatoms. The first-order valence-electron chi connectivity index (χ1n) is 6.19. The minimum absolute atomic E-state index is 0.0164. The van der Waals surface area contributed by atoms with E-state index in [9.17, 15) is 4.79 Å². The predicted molar refractivity (Wildman–Crippen MR) is 69.3 cm³/mol. The maximum Gasteiger partial charge on any atom is 0.340 e. The van der Waals surface area contributed by atoms with Crippen molar-refractivity contribution in [2.45, 2.75) is 26.7 Å². The second kappa shape index (κ2) is 5.40. The summed E-state index contributed by atoms with van der Waals surface area (Å²) in [6, 6.07) is 3.55. The van der Waals surface area contributed by atoms with Gasteiger partial charge in [0.25, 0.3) is 0 Å². The zero-order valence-electron chi connectivity index (χ0n) is 10.9. The average molecular weight is 249 g/mol. The van der Waals surface area contributed by atoms with Gasteiger partial charge in [-0.1, -0.05) is 6.07 Å². The Morgan fingerprint density at radius 2 is 2.06 bits per heavy atom. The molecular formula is C14H19NO3. The molecule has 0 heterocycles. The molecule has 1 aromatic carbocycles. The second-order valence-electron chi connectivity index (χ2n) is 4.89. The largest absolute Gasteiger partial charge is 0.435 e. The number of esters is 1. The fourth-order valence-corrected chi connectivity index (χ4v) is 1.76. The second-order valence-corrected chi connectivity index (χ2v) is 4.89. The van der Waals surface area contributed by atoms with Crippen LogP contribution in [0.2, 0.25) is 0 Å². The summed E-state index contributed by atoms with van der Waals surface area (Å²) in [5.41, 5.74) is 8.74. The van der Waals surface area contributed by atoms with E-state index in [0.717, 1.165) is 11.1 Å². The van der Waals surface area contributed by atoms with Crippen molar-refractivity contribution in [1.82, 2.24) is 0 Å². The van der Waals surface area contributed by atoms with Crippen molar-refractivity contribution in [3.63, 3.8) is 0 Å². The number of rotatable bonds is 5. The molecule has 1 aliphatic rings. The first-order valence-corrected chi connectivity index (χ1v) is 6.19. The standard InChI is InChI=1S/C14H19NO3/c1-9-5-10(2)13(15)6-12(9)14(16)18-8-17-7-11-3-4-11/h5-6,11H,3-4,7-8,15H2,1-2H3. The zero-order chi connectivity index (χ0) is 13.1. The first-order chi connectivity index (χ1) is 8.58. The van der Waals surface area contributed by atoms with Crippen LogP contribution in [0.25, 0.3) is 0 Å². The van der Waals surface area contributed by atoms with E-state index >= 15 is 0 Å². The number of benzene rings is 1. The summed E-state index contributed by atoms with van der Waals surface area (Å²) in [5.74, 6) is 0.287. The van der Waals surface area contributed by atoms with Gasteiger partial charge >= 0.3 is 5.97 Å². The van der Waals surface area contributed by atoms with E-state index in [2.05, 4.69) is 0 Å². The lowest BCUT2D eigenvalue weighted by atomic mass is 10.0. The van der Waals surface area contributed by atoms with Crippen LogP contribution in [-0.4, -0.2) is 19.4 Å². The zero-order valence-corrected chi connectivity index (χ0v) is 10.9. The van der Waals surface area contributed by atoms with Gasteiger partial charge in [0.05, 0.1) is 12.2 Å². The molecule has 1 aliphatic carbocycles. The number of ether oxygens (including phenoxy) is 2. The Morgan fingerprint density at radius 3 is 2.72 bits per heavy atom. The summed E-state index contributed by atoms with van der Waals surface area (Å²) in [6.45, 7) is 4.48. The van der Waals surface area contributed by atoms with Crippen molar-refractivity contribution >= 4 is 11.7 Å². The number of carbonyl (C=O) groups excluding carboxylic acids is 1. The van der Waals surface area contributed by atoms with E-state index in [4.69, 9.17) is 15.2 Å². The van der Waals surface area contributed by atoms with Gasteiger partial charge < -0.3 is 15.2 Å². The monoisotopic (exact) mass is 249 g/mol. The van der Waals surface area contributed by atoms with Crippen molar-refractivity contribution in [2.75, 3.05) is 19.1 Å². The summed E-state index contributed by atoms with van der Waals surface area (Å²) >= 11 is 0. The van der Waals surface area contributed by atoms with Crippen LogP contribution >= 0.6 is 0 Å². The summed E-state index contributed by atoms with van der Waals surface area (Å²) in [6.07, 6.45) is 2.45. The van der Waals surface area contributed by atoms with Crippen molar-refractivity contribution in [2.24, 2.45) is 5.92 Å². The summed E-state index contributed by atoms with van der Waals surface area (Å²) in [4.78, 5) is 11.8. The van der Waals surface area contributed by atoms with E-state index in [-0.39, 0.29) is 12.8 Å². The van der Waals surface area contributed by atoms with Gasteiger partial charge in [-0.2, -0.15) is 0 Å². The third-order valence-corrected chi connectivity index (χ3v) is 3.16. The van der Waals surface area contributed by atoms with Gasteiger partial charge in [-0.3, -0.25) is 0 Å². The van der Waals surface area contributed by atoms with Crippen LogP contribution in [0, 0.1) is 19.8 Å². The molecule has 0 radical (unpaired) electrons. The van der Waals surface area contributed by atoms with E-state index in [1.54, 1.807) is 6.07 Å². The maximum absolute atomic E-state index is 11.8. The molecule has 98 valence electrons. The fraction of sp³-hybridized carbons (Fsp3) is 0.500. The topological polar surface area (TPSA) is 61.5 Å². The predicted octanol–water partition coefficient (Wildman–Crippen LogP) is 2.43. The first kappa shape index (κ1) is 12.9. The quantitative estimate of drug-likeness (QED) is 0.377. The molecule has 1 saturated carbocycles. The minimum Gasteiger partial charge on any atom is -0.435 e. The Bertz CT molecular complexity index is 453. The highest BCUT2D eigenvalue weighted by atomic mass is 16.7. The smallest absolute Gasteiger partial charge is 0.340 e. The third kappa shape index (κ3) is 3.23. The summed E-state index contributed by atoms with van der Waals surface area (Å²) in [7, 11) is 0. The lowest BCUT2D eigenvalue weighted by molar-refractivity contribution is -0.0345. The Labute approximate surface area is 107 Å². The molecule has 0 amide bonds. The Hall–Kier alpha value is -1.55. The lowest BCUT2D eigenvalue weighted by Gasteiger charge is -2.10. The molecule has 4 nitrogen and oxygen atoms in total. The van der Waals surface area contributed by atoms with E-state index < -0.39 is 0 Å². The van der Waals surface area contributed by atoms with E-state index in [1.807, 2.05) is 19.9 Å². The van der Waals surface area contributed by atoms with Crippen LogP contribution in [0.3, 0.4) is 0 Å². The van der Waals surface area contributed by atoms with Crippen molar-refractivity contribution < 1.29 is 14.3 Å². The minimum atomic E-state index is -0.380. The molecule has 0 spiro atoms. The van der Waals surface area contributed by atoms with Crippen LogP contribution in [0.15, 0.2) is 12.1 Å². The van der Waals surface area contributed by atoms with E-state index in [1.165, 1.54) is 12.8 Å². The number of anilines is 1. The van der Waals surface area contributed by atoms with Crippen LogP contribution in [0.1, 0.15) is 34.3 Å². The highest BCUT2D eigenvalue weighted by molar-refractivity contribution is 5.92. The molecule has 18 heavy (non-hydrogen) atoms. The number of hydrogen-bond donors (Lipinski definition) is 1. The molecule has 0 aliphatic heterocycles. The number of nitrogen functional groups attached to an aromatic ring is 1. The highest BCUT2D eigenvalue weighted by Gasteiger charge is 2.21. The van der Waals surface area contributed by atoms with Crippen LogP contribution in [-0.2, 0) is 9.47 Å². The van der Waals surface area contributed by atoms with Gasteiger partial charge in [0.1, 0.15) is 0 Å². The van der Waals surface area contributed by atoms with Gasteiger partial charge in [0.2, 0.25) is 0 Å². The van der Waals surface area contributed by atoms with Gasteiger partial charge in [0, 0.05) is 5.69 Å². The molecule has 0 unspecified atom stereocenters. The molecule has 0 aromatic heterocycles. The number of nitrogens with two attached hydrogens (primary N) is 1. The highest BCUT2D eigenvalue weighted by Crippen LogP contribution is 2.28. The molecule has 1 fully saturated rings. The Kier molecular flexibility index (Phi) is 3.87. The molecular weight excluding hydrogens is 230 g/mol. The van der Waals surface area contributed by atoms with E-state index in [0.29, 0.717) is 23.8 Å². The molecule has 1 aromatic rings. The number of carbonyl (C=O) groups is 1. The van der Waals surface area contributed by atoms with Crippen LogP contribution in [0.4, 0.5) is 5.69 Å². The fourth-order valence-electron chi connectivity index (χ4n) is 1.76. The molecule has 2 rings (SSSR count). The maximum atomic E-state index is 11.8. The lowest BCUT2D eigenvalue weighted by Crippen LogP contribution is -2.12. The van der Waals surface area contributed by atoms with Gasteiger partial charge in [-0.25, -0.2) is 4.79 Å². The van der Waals surface area contributed by atoms with Crippen LogP contribution in [0.5, 0.6) is 0 Å². The SMILES string of the molecule is Cc1cc(C)c(C(=O)OCOCC2CC2)cc1N. The Morgan fingerprint density at radius 1 is 1.33 bits per heavy atom. The number of hydrogen-bond acceptors (Lipinski definition) is 4. The summed E-state index contributed by atoms with van der Waals surface area (Å²) < 4.78 is 10.3. The van der Waals surface area contributed by atoms with Crippen molar-refractivity contribution in [3.8, 4) is 0 Å². The van der Waals surface area contributed by atoms with Gasteiger partial charge in [-0.15, -0.1) is 0 Å². The number of aryl methyl sites for hydroxylation is 2.